The van der Waals surface area contributed by atoms with Gasteiger partial charge in [0.05, 0.1) is 0 Å². The van der Waals surface area contributed by atoms with Crippen molar-refractivity contribution in [1.29, 1.82) is 0 Å². The van der Waals surface area contributed by atoms with Crippen LogP contribution in [0.25, 0.3) is 0 Å². The van der Waals surface area contributed by atoms with Crippen molar-refractivity contribution >= 4 is 5.95 Å². The number of aromatic nitrogens is 2. The van der Waals surface area contributed by atoms with Crippen LogP contribution in [-0.2, 0) is 0 Å². The summed E-state index contributed by atoms with van der Waals surface area (Å²) in [5.41, 5.74) is 2.18. The predicted octanol–water partition coefficient (Wildman–Crippen LogP) is 3.76. The molecule has 0 aliphatic heterocycles. The average Bonchev–Trinajstić information content (AvgIpc) is 2.71. The van der Waals surface area contributed by atoms with Crippen molar-refractivity contribution in [3.05, 3.63) is 17.5 Å². The Balaban J connectivity index is 2.00. The van der Waals surface area contributed by atoms with Crippen LogP contribution < -0.4 is 5.32 Å². The van der Waals surface area contributed by atoms with Crippen molar-refractivity contribution < 1.29 is 0 Å². The van der Waals surface area contributed by atoms with Gasteiger partial charge in [0.2, 0.25) is 5.95 Å². The van der Waals surface area contributed by atoms with Gasteiger partial charge in [-0.2, -0.15) is 0 Å². The summed E-state index contributed by atoms with van der Waals surface area (Å²) in [6, 6.07) is 2.08. The van der Waals surface area contributed by atoms with Gasteiger partial charge in [0.25, 0.3) is 0 Å². The lowest BCUT2D eigenvalue weighted by Gasteiger charge is -2.16. The highest BCUT2D eigenvalue weighted by Gasteiger charge is 2.23. The lowest BCUT2D eigenvalue weighted by molar-refractivity contribution is 0.438. The molecule has 1 aliphatic rings. The molecule has 0 aromatic carbocycles. The summed E-state index contributed by atoms with van der Waals surface area (Å²) in [5, 5.41) is 3.43. The van der Waals surface area contributed by atoms with Crippen molar-refractivity contribution in [2.45, 2.75) is 52.9 Å². The van der Waals surface area contributed by atoms with Crippen LogP contribution in [-0.4, -0.2) is 16.5 Å². The summed E-state index contributed by atoms with van der Waals surface area (Å²) < 4.78 is 0. The molecule has 2 atom stereocenters. The SMILES string of the molecule is Cc1cc(C(C)C)nc(NCC2CCCC2C)n1. The minimum absolute atomic E-state index is 0.456. The molecule has 100 valence electrons. The van der Waals surface area contributed by atoms with Gasteiger partial charge >= 0.3 is 0 Å². The first kappa shape index (κ1) is 13.3. The van der Waals surface area contributed by atoms with E-state index in [4.69, 9.17) is 0 Å². The zero-order valence-electron chi connectivity index (χ0n) is 12.0. The molecule has 1 saturated carbocycles. The van der Waals surface area contributed by atoms with Gasteiger partial charge in [0.15, 0.2) is 0 Å². The van der Waals surface area contributed by atoms with Crippen LogP contribution in [0.2, 0.25) is 0 Å². The van der Waals surface area contributed by atoms with Gasteiger partial charge in [-0.3, -0.25) is 0 Å². The predicted molar refractivity (Wildman–Crippen MR) is 75.9 cm³/mol. The molecule has 2 unspecified atom stereocenters. The average molecular weight is 247 g/mol. The Labute approximate surface area is 110 Å². The standard InChI is InChI=1S/C15H25N3/c1-10(2)14-8-12(4)17-15(18-14)16-9-13-7-5-6-11(13)3/h8,10-11,13H,5-7,9H2,1-4H3,(H,16,17,18). The summed E-state index contributed by atoms with van der Waals surface area (Å²) in [4.78, 5) is 9.08. The molecule has 1 N–H and O–H groups in total. The van der Waals surface area contributed by atoms with Crippen molar-refractivity contribution in [3.8, 4) is 0 Å². The first-order chi connectivity index (χ1) is 8.56. The Kier molecular flexibility index (Phi) is 4.20. The molecule has 2 rings (SSSR count). The number of hydrogen-bond donors (Lipinski definition) is 1. The van der Waals surface area contributed by atoms with Gasteiger partial charge in [-0.25, -0.2) is 9.97 Å². The molecule has 0 bridgehead atoms. The van der Waals surface area contributed by atoms with Gasteiger partial charge in [0, 0.05) is 17.9 Å². The Morgan fingerprint density at radius 2 is 2.11 bits per heavy atom. The third kappa shape index (κ3) is 3.21. The topological polar surface area (TPSA) is 37.8 Å². The molecule has 3 heteroatoms. The van der Waals surface area contributed by atoms with Crippen LogP contribution in [0.3, 0.4) is 0 Å². The smallest absolute Gasteiger partial charge is 0.223 e. The van der Waals surface area contributed by atoms with E-state index in [9.17, 15) is 0 Å². The highest BCUT2D eigenvalue weighted by atomic mass is 15.1. The van der Waals surface area contributed by atoms with E-state index in [1.807, 2.05) is 6.92 Å². The zero-order valence-corrected chi connectivity index (χ0v) is 12.0. The highest BCUT2D eigenvalue weighted by molar-refractivity contribution is 5.29. The minimum atomic E-state index is 0.456. The van der Waals surface area contributed by atoms with E-state index in [1.165, 1.54) is 19.3 Å². The van der Waals surface area contributed by atoms with Crippen LogP contribution >= 0.6 is 0 Å². The van der Waals surface area contributed by atoms with E-state index >= 15 is 0 Å². The molecule has 0 spiro atoms. The van der Waals surface area contributed by atoms with E-state index in [0.29, 0.717) is 5.92 Å². The molecule has 3 nitrogen and oxygen atoms in total. The Morgan fingerprint density at radius 1 is 1.33 bits per heavy atom. The van der Waals surface area contributed by atoms with Crippen molar-refractivity contribution in [2.24, 2.45) is 11.8 Å². The molecule has 18 heavy (non-hydrogen) atoms. The van der Waals surface area contributed by atoms with Crippen molar-refractivity contribution in [1.82, 2.24) is 9.97 Å². The van der Waals surface area contributed by atoms with Gasteiger partial charge in [0.1, 0.15) is 0 Å². The molecule has 1 heterocycles. The molecule has 0 amide bonds. The molecule has 1 fully saturated rings. The Morgan fingerprint density at radius 3 is 2.72 bits per heavy atom. The van der Waals surface area contributed by atoms with Gasteiger partial charge in [-0.1, -0.05) is 33.6 Å². The summed E-state index contributed by atoms with van der Waals surface area (Å²) in [7, 11) is 0. The minimum Gasteiger partial charge on any atom is -0.354 e. The van der Waals surface area contributed by atoms with Gasteiger partial charge in [-0.05, 0) is 37.2 Å². The largest absolute Gasteiger partial charge is 0.354 e. The first-order valence-corrected chi connectivity index (χ1v) is 7.15. The van der Waals surface area contributed by atoms with Crippen LogP contribution in [0, 0.1) is 18.8 Å². The van der Waals surface area contributed by atoms with E-state index in [2.05, 4.69) is 42.1 Å². The van der Waals surface area contributed by atoms with Crippen LogP contribution in [0.15, 0.2) is 6.07 Å². The summed E-state index contributed by atoms with van der Waals surface area (Å²) in [6.07, 6.45) is 4.09. The fourth-order valence-electron chi connectivity index (χ4n) is 2.72. The third-order valence-electron chi connectivity index (χ3n) is 4.03. The summed E-state index contributed by atoms with van der Waals surface area (Å²) in [6.45, 7) is 9.75. The van der Waals surface area contributed by atoms with Crippen LogP contribution in [0.5, 0.6) is 0 Å². The number of aryl methyl sites for hydroxylation is 1. The van der Waals surface area contributed by atoms with Crippen molar-refractivity contribution in [3.63, 3.8) is 0 Å². The Bertz CT molecular complexity index is 401. The number of rotatable bonds is 4. The molecular formula is C15H25N3. The monoisotopic (exact) mass is 247 g/mol. The molecule has 0 radical (unpaired) electrons. The van der Waals surface area contributed by atoms with Crippen molar-refractivity contribution in [2.75, 3.05) is 11.9 Å². The van der Waals surface area contributed by atoms with Gasteiger partial charge in [-0.15, -0.1) is 0 Å². The normalized spacial score (nSPS) is 23.6. The lowest BCUT2D eigenvalue weighted by atomic mass is 9.98. The zero-order chi connectivity index (χ0) is 13.1. The van der Waals surface area contributed by atoms with Crippen LogP contribution in [0.1, 0.15) is 57.3 Å². The lowest BCUT2D eigenvalue weighted by Crippen LogP contribution is -2.18. The van der Waals surface area contributed by atoms with E-state index in [1.54, 1.807) is 0 Å². The maximum atomic E-state index is 4.60. The summed E-state index contributed by atoms with van der Waals surface area (Å²) >= 11 is 0. The number of anilines is 1. The molecule has 0 saturated heterocycles. The Hall–Kier alpha value is -1.12. The first-order valence-electron chi connectivity index (χ1n) is 7.15. The second kappa shape index (κ2) is 5.68. The second-order valence-electron chi connectivity index (χ2n) is 5.96. The second-order valence-corrected chi connectivity index (χ2v) is 5.96. The highest BCUT2D eigenvalue weighted by Crippen LogP contribution is 2.31. The molecule has 1 aromatic heterocycles. The summed E-state index contributed by atoms with van der Waals surface area (Å²) in [5.74, 6) is 2.89. The van der Waals surface area contributed by atoms with E-state index < -0.39 is 0 Å². The maximum absolute atomic E-state index is 4.60. The fraction of sp³-hybridized carbons (Fsp3) is 0.733. The maximum Gasteiger partial charge on any atom is 0.223 e. The molecule has 1 aliphatic carbocycles. The third-order valence-corrected chi connectivity index (χ3v) is 4.03. The quantitative estimate of drug-likeness (QED) is 0.880. The number of nitrogens with zero attached hydrogens (tertiary/aromatic N) is 2. The molecular weight excluding hydrogens is 222 g/mol. The fourth-order valence-corrected chi connectivity index (χ4v) is 2.72. The van der Waals surface area contributed by atoms with Crippen LogP contribution in [0.4, 0.5) is 5.95 Å². The van der Waals surface area contributed by atoms with E-state index in [0.717, 1.165) is 35.7 Å². The number of nitrogens with one attached hydrogen (secondary N) is 1. The number of hydrogen-bond acceptors (Lipinski definition) is 3. The molecule has 1 aromatic rings. The van der Waals surface area contributed by atoms with E-state index in [-0.39, 0.29) is 0 Å². The van der Waals surface area contributed by atoms with Gasteiger partial charge < -0.3 is 5.32 Å².